The van der Waals surface area contributed by atoms with E-state index in [2.05, 4.69) is 36.2 Å². The second kappa shape index (κ2) is 5.03. The second-order valence-electron chi connectivity index (χ2n) is 3.19. The molecule has 0 aliphatic rings. The zero-order valence-electron chi connectivity index (χ0n) is 8.81. The van der Waals surface area contributed by atoms with Crippen molar-refractivity contribution in [2.45, 2.75) is 6.92 Å². The molecular weight excluding hydrogens is 268 g/mol. The fourth-order valence-electron chi connectivity index (χ4n) is 1.31. The Morgan fingerprint density at radius 1 is 1.38 bits per heavy atom. The molecule has 0 bridgehead atoms. The third-order valence-electron chi connectivity index (χ3n) is 1.98. The van der Waals surface area contributed by atoms with Crippen LogP contribution in [0.5, 0.6) is 0 Å². The third-order valence-corrected chi connectivity index (χ3v) is 2.41. The number of aromatic nitrogens is 3. The molecule has 0 saturated carbocycles. The monoisotopic (exact) mass is 278 g/mol. The molecule has 0 radical (unpaired) electrons. The molecule has 0 atom stereocenters. The van der Waals surface area contributed by atoms with Crippen molar-refractivity contribution in [1.29, 1.82) is 0 Å². The van der Waals surface area contributed by atoms with Gasteiger partial charge in [0.25, 0.3) is 0 Å². The van der Waals surface area contributed by atoms with E-state index >= 15 is 0 Å². The summed E-state index contributed by atoms with van der Waals surface area (Å²) in [5, 5.41) is 3.15. The summed E-state index contributed by atoms with van der Waals surface area (Å²) in [6, 6.07) is 3.79. The van der Waals surface area contributed by atoms with Gasteiger partial charge in [-0.25, -0.2) is 9.97 Å². The van der Waals surface area contributed by atoms with E-state index in [-0.39, 0.29) is 0 Å². The molecule has 2 heterocycles. The van der Waals surface area contributed by atoms with E-state index in [9.17, 15) is 0 Å². The lowest BCUT2D eigenvalue weighted by molar-refractivity contribution is 1.11. The molecule has 82 valence electrons. The lowest BCUT2D eigenvalue weighted by atomic mass is 10.3. The molecule has 0 amide bonds. The second-order valence-corrected chi connectivity index (χ2v) is 4.10. The van der Waals surface area contributed by atoms with Crippen molar-refractivity contribution in [3.05, 3.63) is 35.2 Å². The van der Waals surface area contributed by atoms with Crippen LogP contribution in [-0.2, 0) is 0 Å². The number of hydrogen-bond acceptors (Lipinski definition) is 4. The zero-order valence-corrected chi connectivity index (χ0v) is 10.4. The normalized spacial score (nSPS) is 10.1. The average Bonchev–Trinajstić information content (AvgIpc) is 2.30. The molecule has 0 fully saturated rings. The predicted molar refractivity (Wildman–Crippen MR) is 67.1 cm³/mol. The first-order chi connectivity index (χ1) is 7.79. The Labute approximate surface area is 102 Å². The van der Waals surface area contributed by atoms with E-state index in [4.69, 9.17) is 0 Å². The van der Waals surface area contributed by atoms with Crippen molar-refractivity contribution in [3.8, 4) is 11.4 Å². The molecule has 0 saturated heterocycles. The molecule has 16 heavy (non-hydrogen) atoms. The van der Waals surface area contributed by atoms with Crippen molar-refractivity contribution in [2.24, 2.45) is 0 Å². The summed E-state index contributed by atoms with van der Waals surface area (Å²) in [6.45, 7) is 2.87. The first kappa shape index (κ1) is 11.0. The molecule has 2 rings (SSSR count). The Hall–Kier alpha value is -1.49. The Morgan fingerprint density at radius 3 is 3.00 bits per heavy atom. The highest BCUT2D eigenvalue weighted by molar-refractivity contribution is 9.10. The largest absolute Gasteiger partial charge is 0.370 e. The summed E-state index contributed by atoms with van der Waals surface area (Å²) in [7, 11) is 0. The van der Waals surface area contributed by atoms with Gasteiger partial charge in [0.05, 0.1) is 0 Å². The van der Waals surface area contributed by atoms with Crippen LogP contribution < -0.4 is 5.32 Å². The van der Waals surface area contributed by atoms with Gasteiger partial charge in [0.2, 0.25) is 0 Å². The minimum absolute atomic E-state index is 0.673. The van der Waals surface area contributed by atoms with Gasteiger partial charge in [-0.15, -0.1) is 0 Å². The highest BCUT2D eigenvalue weighted by Crippen LogP contribution is 2.18. The minimum atomic E-state index is 0.673. The molecule has 2 aromatic heterocycles. The van der Waals surface area contributed by atoms with Crippen molar-refractivity contribution >= 4 is 21.7 Å². The van der Waals surface area contributed by atoms with E-state index in [1.807, 2.05) is 19.1 Å². The average molecular weight is 279 g/mol. The zero-order chi connectivity index (χ0) is 11.4. The van der Waals surface area contributed by atoms with Gasteiger partial charge in [0.1, 0.15) is 5.82 Å². The van der Waals surface area contributed by atoms with Crippen LogP contribution in [0.4, 0.5) is 5.82 Å². The topological polar surface area (TPSA) is 50.7 Å². The number of rotatable bonds is 3. The van der Waals surface area contributed by atoms with Crippen molar-refractivity contribution in [2.75, 3.05) is 11.9 Å². The molecule has 0 aliphatic carbocycles. The minimum Gasteiger partial charge on any atom is -0.370 e. The number of pyridine rings is 1. The lowest BCUT2D eigenvalue weighted by Gasteiger charge is -2.04. The highest BCUT2D eigenvalue weighted by atomic mass is 79.9. The molecule has 0 aromatic carbocycles. The number of nitrogens with zero attached hydrogens (tertiary/aromatic N) is 3. The number of nitrogens with one attached hydrogen (secondary N) is 1. The van der Waals surface area contributed by atoms with Gasteiger partial charge in [-0.3, -0.25) is 4.98 Å². The lowest BCUT2D eigenvalue weighted by Crippen LogP contribution is -2.00. The Balaban J connectivity index is 2.36. The van der Waals surface area contributed by atoms with Crippen molar-refractivity contribution < 1.29 is 0 Å². The summed E-state index contributed by atoms with van der Waals surface area (Å²) in [5.41, 5.74) is 0.897. The van der Waals surface area contributed by atoms with Gasteiger partial charge < -0.3 is 5.32 Å². The van der Waals surface area contributed by atoms with Gasteiger partial charge >= 0.3 is 0 Å². The van der Waals surface area contributed by atoms with Crippen LogP contribution in [0.25, 0.3) is 11.4 Å². The fourth-order valence-corrected chi connectivity index (χ4v) is 1.68. The molecular formula is C11H11BrN4. The summed E-state index contributed by atoms with van der Waals surface area (Å²) in [5.74, 6) is 1.50. The Morgan fingerprint density at radius 2 is 2.25 bits per heavy atom. The van der Waals surface area contributed by atoms with Crippen LogP contribution in [0.2, 0.25) is 0 Å². The first-order valence-corrected chi connectivity index (χ1v) is 5.76. The molecule has 4 nitrogen and oxygen atoms in total. The van der Waals surface area contributed by atoms with E-state index in [1.54, 1.807) is 18.6 Å². The maximum Gasteiger partial charge on any atom is 0.163 e. The van der Waals surface area contributed by atoms with Crippen LogP contribution in [0, 0.1) is 0 Å². The van der Waals surface area contributed by atoms with Gasteiger partial charge in [0, 0.05) is 35.2 Å². The molecule has 2 aromatic rings. The highest BCUT2D eigenvalue weighted by Gasteiger charge is 2.03. The SMILES string of the molecule is CCNc1ccnc(-c2cncc(Br)c2)n1. The Bertz CT molecular complexity index is 487. The van der Waals surface area contributed by atoms with Crippen LogP contribution >= 0.6 is 15.9 Å². The van der Waals surface area contributed by atoms with E-state index in [1.165, 1.54) is 0 Å². The van der Waals surface area contributed by atoms with E-state index in [0.29, 0.717) is 5.82 Å². The summed E-state index contributed by atoms with van der Waals surface area (Å²) < 4.78 is 0.919. The van der Waals surface area contributed by atoms with Crippen LogP contribution in [0.1, 0.15) is 6.92 Å². The molecule has 1 N–H and O–H groups in total. The number of anilines is 1. The first-order valence-electron chi connectivity index (χ1n) is 4.97. The standard InChI is InChI=1S/C11H11BrN4/c1-2-14-10-3-4-15-11(16-10)8-5-9(12)7-13-6-8/h3-7H,2H2,1H3,(H,14,15,16). The van der Waals surface area contributed by atoms with Gasteiger partial charge in [-0.1, -0.05) is 0 Å². The number of hydrogen-bond donors (Lipinski definition) is 1. The molecule has 5 heteroatoms. The fraction of sp³-hybridized carbons (Fsp3) is 0.182. The van der Waals surface area contributed by atoms with Crippen LogP contribution in [-0.4, -0.2) is 21.5 Å². The van der Waals surface area contributed by atoms with Crippen LogP contribution in [0.3, 0.4) is 0 Å². The van der Waals surface area contributed by atoms with E-state index in [0.717, 1.165) is 22.4 Å². The van der Waals surface area contributed by atoms with Gasteiger partial charge in [0.15, 0.2) is 5.82 Å². The maximum absolute atomic E-state index is 4.39. The summed E-state index contributed by atoms with van der Waals surface area (Å²) in [6.07, 6.45) is 5.22. The molecule has 0 spiro atoms. The Kier molecular flexibility index (Phi) is 3.46. The molecule has 0 unspecified atom stereocenters. The maximum atomic E-state index is 4.39. The quantitative estimate of drug-likeness (QED) is 0.938. The van der Waals surface area contributed by atoms with Crippen molar-refractivity contribution in [3.63, 3.8) is 0 Å². The third kappa shape index (κ3) is 2.55. The smallest absolute Gasteiger partial charge is 0.163 e. The van der Waals surface area contributed by atoms with Gasteiger partial charge in [-0.2, -0.15) is 0 Å². The number of halogens is 1. The van der Waals surface area contributed by atoms with Gasteiger partial charge in [-0.05, 0) is 35.0 Å². The summed E-state index contributed by atoms with van der Waals surface area (Å²) in [4.78, 5) is 12.7. The van der Waals surface area contributed by atoms with Crippen LogP contribution in [0.15, 0.2) is 35.2 Å². The summed E-state index contributed by atoms with van der Waals surface area (Å²) >= 11 is 3.37. The van der Waals surface area contributed by atoms with E-state index < -0.39 is 0 Å². The predicted octanol–water partition coefficient (Wildman–Crippen LogP) is 2.73. The molecule has 0 aliphatic heterocycles. The van der Waals surface area contributed by atoms with Crippen molar-refractivity contribution in [1.82, 2.24) is 15.0 Å².